The number of aliphatic hydroxyl groups is 1. The van der Waals surface area contributed by atoms with Gasteiger partial charge in [0.15, 0.2) is 0 Å². The fourth-order valence-corrected chi connectivity index (χ4v) is 9.77. The second-order valence-electron chi connectivity index (χ2n) is 21.4. The summed E-state index contributed by atoms with van der Waals surface area (Å²) in [5, 5.41) is 14.0. The van der Waals surface area contributed by atoms with Crippen LogP contribution in [0.4, 0.5) is 0 Å². The van der Waals surface area contributed by atoms with Crippen molar-refractivity contribution in [2.75, 3.05) is 40.9 Å². The van der Waals surface area contributed by atoms with Crippen LogP contribution in [0.15, 0.2) is 0 Å². The van der Waals surface area contributed by atoms with E-state index in [1.54, 1.807) is 0 Å². The van der Waals surface area contributed by atoms with E-state index in [1.807, 2.05) is 21.1 Å². The van der Waals surface area contributed by atoms with Gasteiger partial charge in [0, 0.05) is 6.42 Å². The maximum absolute atomic E-state index is 13.0. The van der Waals surface area contributed by atoms with Crippen LogP contribution in [0.5, 0.6) is 0 Å². The van der Waals surface area contributed by atoms with Gasteiger partial charge in [0.1, 0.15) is 13.2 Å². The fourth-order valence-electron chi connectivity index (χ4n) is 9.04. The van der Waals surface area contributed by atoms with Crippen molar-refractivity contribution < 1.29 is 32.9 Å². The number of phosphoric acid groups is 1. The highest BCUT2D eigenvalue weighted by Crippen LogP contribution is 2.38. The third-order valence-corrected chi connectivity index (χ3v) is 14.6. The normalized spacial score (nSPS) is 13.9. The number of carbonyl (C=O) groups excluding carboxylic acids is 1. The number of carbonyl (C=O) groups is 1. The Morgan fingerprint density at radius 2 is 0.754 bits per heavy atom. The molecule has 8 nitrogen and oxygen atoms in total. The van der Waals surface area contributed by atoms with Crippen LogP contribution in [0.2, 0.25) is 0 Å². The van der Waals surface area contributed by atoms with Crippen LogP contribution < -0.4 is 10.2 Å². The molecule has 0 rings (SSSR count). The Morgan fingerprint density at radius 1 is 0.477 bits per heavy atom. The molecule has 0 fully saturated rings. The van der Waals surface area contributed by atoms with Crippen molar-refractivity contribution in [1.29, 1.82) is 0 Å². The summed E-state index contributed by atoms with van der Waals surface area (Å²) in [6, 6.07) is -0.795. The van der Waals surface area contributed by atoms with Crippen molar-refractivity contribution in [3.63, 3.8) is 0 Å². The van der Waals surface area contributed by atoms with Gasteiger partial charge in [-0.15, -0.1) is 0 Å². The summed E-state index contributed by atoms with van der Waals surface area (Å²) in [6.07, 6.45) is 57.0. The van der Waals surface area contributed by atoms with Crippen LogP contribution in [0.3, 0.4) is 0 Å². The summed E-state index contributed by atoms with van der Waals surface area (Å²) < 4.78 is 23.4. The minimum absolute atomic E-state index is 0.0166. The lowest BCUT2D eigenvalue weighted by Gasteiger charge is -2.30. The SMILES string of the molecule is CCCCCCCCCCCCCCCCCCCCCCCCCCCC(O)C(COP(=O)([O-])OCC[N+](C)(C)C)NC(=O)CCCCCCCCCCCCCCCCCCCC. The lowest BCUT2D eigenvalue weighted by molar-refractivity contribution is -0.870. The van der Waals surface area contributed by atoms with E-state index in [0.717, 1.165) is 38.5 Å². The summed E-state index contributed by atoms with van der Waals surface area (Å²) in [4.78, 5) is 25.5. The maximum atomic E-state index is 13.0. The third-order valence-electron chi connectivity index (χ3n) is 13.6. The molecule has 0 aromatic rings. The molecule has 0 heterocycles. The summed E-state index contributed by atoms with van der Waals surface area (Å²) in [5.41, 5.74) is 0. The molecular weight excluding hydrogens is 828 g/mol. The molecule has 0 aliphatic rings. The smallest absolute Gasteiger partial charge is 0.268 e. The standard InChI is InChI=1S/C56H115N2O6P/c1-6-8-10-12-14-16-18-20-22-24-26-27-28-29-30-31-32-33-35-37-39-41-43-45-47-49-55(59)54(53-64-65(61,62)63-52-51-58(3,4)5)57-56(60)50-48-46-44-42-40-38-36-34-25-23-21-19-17-15-13-11-9-7-2/h54-55,59H,6-53H2,1-5H3,(H-,57,60,61,62). The average molecular weight is 944 g/mol. The van der Waals surface area contributed by atoms with Gasteiger partial charge < -0.3 is 28.8 Å². The van der Waals surface area contributed by atoms with E-state index in [4.69, 9.17) is 9.05 Å². The Kier molecular flexibility index (Phi) is 48.1. The number of hydrogen-bond acceptors (Lipinski definition) is 6. The van der Waals surface area contributed by atoms with E-state index in [-0.39, 0.29) is 19.1 Å². The van der Waals surface area contributed by atoms with E-state index in [2.05, 4.69) is 19.2 Å². The summed E-state index contributed by atoms with van der Waals surface area (Å²) in [6.45, 7) is 4.78. The Morgan fingerprint density at radius 3 is 1.05 bits per heavy atom. The van der Waals surface area contributed by atoms with Crippen LogP contribution in [0.1, 0.15) is 303 Å². The second kappa shape index (κ2) is 48.5. The Bertz CT molecular complexity index is 1030. The van der Waals surface area contributed by atoms with E-state index in [9.17, 15) is 19.4 Å². The molecule has 0 aliphatic carbocycles. The molecule has 0 spiro atoms. The van der Waals surface area contributed by atoms with Gasteiger partial charge >= 0.3 is 0 Å². The number of quaternary nitrogens is 1. The van der Waals surface area contributed by atoms with Crippen molar-refractivity contribution in [2.45, 2.75) is 315 Å². The number of nitrogens with one attached hydrogen (secondary N) is 1. The van der Waals surface area contributed by atoms with E-state index in [1.165, 1.54) is 238 Å². The molecule has 0 bridgehead atoms. The van der Waals surface area contributed by atoms with Crippen molar-refractivity contribution in [3.05, 3.63) is 0 Å². The molecule has 0 saturated carbocycles. The second-order valence-corrected chi connectivity index (χ2v) is 22.8. The maximum Gasteiger partial charge on any atom is 0.268 e. The first-order valence-corrected chi connectivity index (χ1v) is 30.3. The van der Waals surface area contributed by atoms with Crippen LogP contribution in [0, 0.1) is 0 Å². The number of likely N-dealkylation sites (N-methyl/N-ethyl adjacent to an activating group) is 1. The highest BCUT2D eigenvalue weighted by Gasteiger charge is 2.24. The van der Waals surface area contributed by atoms with Gasteiger partial charge in [0.25, 0.3) is 7.82 Å². The van der Waals surface area contributed by atoms with Gasteiger partial charge in [-0.3, -0.25) is 9.36 Å². The molecule has 3 atom stereocenters. The zero-order chi connectivity index (χ0) is 47.8. The van der Waals surface area contributed by atoms with Gasteiger partial charge in [-0.1, -0.05) is 284 Å². The zero-order valence-electron chi connectivity index (χ0n) is 44.5. The number of phosphoric ester groups is 1. The largest absolute Gasteiger partial charge is 0.756 e. The van der Waals surface area contributed by atoms with Crippen molar-refractivity contribution in [2.24, 2.45) is 0 Å². The van der Waals surface area contributed by atoms with Crippen LogP contribution in [-0.4, -0.2) is 68.5 Å². The lowest BCUT2D eigenvalue weighted by Crippen LogP contribution is -2.46. The summed E-state index contributed by atoms with van der Waals surface area (Å²) in [5.74, 6) is -0.157. The Labute approximate surface area is 406 Å². The molecule has 390 valence electrons. The van der Waals surface area contributed by atoms with E-state index < -0.39 is 20.0 Å². The summed E-state index contributed by atoms with van der Waals surface area (Å²) >= 11 is 0. The van der Waals surface area contributed by atoms with Gasteiger partial charge in [-0.2, -0.15) is 0 Å². The van der Waals surface area contributed by atoms with Crippen molar-refractivity contribution in [3.8, 4) is 0 Å². The Balaban J connectivity index is 4.11. The minimum Gasteiger partial charge on any atom is -0.756 e. The minimum atomic E-state index is -4.57. The number of unbranched alkanes of at least 4 members (excludes halogenated alkanes) is 41. The van der Waals surface area contributed by atoms with Gasteiger partial charge in [-0.05, 0) is 12.8 Å². The molecule has 1 amide bonds. The predicted molar refractivity (Wildman–Crippen MR) is 279 cm³/mol. The van der Waals surface area contributed by atoms with Crippen molar-refractivity contribution >= 4 is 13.7 Å². The average Bonchev–Trinajstić information content (AvgIpc) is 3.26. The molecule has 0 saturated heterocycles. The highest BCUT2D eigenvalue weighted by molar-refractivity contribution is 7.45. The molecule has 0 radical (unpaired) electrons. The van der Waals surface area contributed by atoms with Gasteiger partial charge in [0.2, 0.25) is 5.91 Å². The predicted octanol–water partition coefficient (Wildman–Crippen LogP) is 16.6. The van der Waals surface area contributed by atoms with Crippen LogP contribution in [-0.2, 0) is 18.4 Å². The van der Waals surface area contributed by atoms with E-state index in [0.29, 0.717) is 23.9 Å². The molecule has 0 aromatic carbocycles. The molecule has 9 heteroatoms. The zero-order valence-corrected chi connectivity index (χ0v) is 45.4. The fraction of sp³-hybridized carbons (Fsp3) is 0.982. The quantitative estimate of drug-likeness (QED) is 0.0357. The van der Waals surface area contributed by atoms with Crippen molar-refractivity contribution in [1.82, 2.24) is 5.32 Å². The third kappa shape index (κ3) is 51.2. The number of rotatable bonds is 54. The van der Waals surface area contributed by atoms with Crippen LogP contribution >= 0.6 is 7.82 Å². The van der Waals surface area contributed by atoms with Gasteiger partial charge in [-0.25, -0.2) is 0 Å². The summed E-state index contributed by atoms with van der Waals surface area (Å²) in [7, 11) is 1.33. The molecule has 0 aliphatic heterocycles. The molecule has 65 heavy (non-hydrogen) atoms. The van der Waals surface area contributed by atoms with Crippen LogP contribution in [0.25, 0.3) is 0 Å². The molecule has 3 unspecified atom stereocenters. The first-order chi connectivity index (χ1) is 31.5. The first kappa shape index (κ1) is 64.5. The highest BCUT2D eigenvalue weighted by atomic mass is 31.2. The topological polar surface area (TPSA) is 108 Å². The molecule has 2 N–H and O–H groups in total. The number of nitrogens with zero attached hydrogens (tertiary/aromatic N) is 1. The molecule has 0 aromatic heterocycles. The Hall–Kier alpha value is -0.500. The number of aliphatic hydroxyl groups excluding tert-OH is 1. The monoisotopic (exact) mass is 943 g/mol. The first-order valence-electron chi connectivity index (χ1n) is 28.9. The molecular formula is C56H115N2O6P. The number of amides is 1. The number of hydrogen-bond donors (Lipinski definition) is 2. The lowest BCUT2D eigenvalue weighted by atomic mass is 10.0. The van der Waals surface area contributed by atoms with E-state index >= 15 is 0 Å². The van der Waals surface area contributed by atoms with Gasteiger partial charge in [0.05, 0.1) is 39.9 Å².